The third kappa shape index (κ3) is 6.32. The van der Waals surface area contributed by atoms with Crippen LogP contribution in [-0.4, -0.2) is 24.0 Å². The standard InChI is InChI=1S/C22H20BrF2O5PS2/c23-20-13-16(11-12-19(20)22(24,25)31(26,27)28)14-32-21(17-7-3-1-4-8-17)15-33(29,30)18-9-5-2-6-10-18/h1-13,21H,14-15H2,(H2,26,27,28). The lowest BCUT2D eigenvalue weighted by Gasteiger charge is -2.20. The highest BCUT2D eigenvalue weighted by Crippen LogP contribution is 2.60. The first kappa shape index (κ1) is 26.1. The van der Waals surface area contributed by atoms with Gasteiger partial charge in [0, 0.05) is 21.0 Å². The Morgan fingerprint density at radius 2 is 1.55 bits per heavy atom. The van der Waals surface area contributed by atoms with E-state index in [0.717, 1.165) is 11.6 Å². The van der Waals surface area contributed by atoms with Crippen molar-refractivity contribution in [2.75, 3.05) is 5.75 Å². The Balaban J connectivity index is 1.84. The van der Waals surface area contributed by atoms with E-state index in [4.69, 9.17) is 9.79 Å². The quantitative estimate of drug-likeness (QED) is 0.298. The van der Waals surface area contributed by atoms with Crippen molar-refractivity contribution in [3.8, 4) is 0 Å². The fraction of sp³-hybridized carbons (Fsp3) is 0.182. The van der Waals surface area contributed by atoms with Gasteiger partial charge in [0.25, 0.3) is 0 Å². The van der Waals surface area contributed by atoms with Crippen molar-refractivity contribution in [2.24, 2.45) is 0 Å². The number of alkyl halides is 2. The van der Waals surface area contributed by atoms with Crippen LogP contribution in [0.1, 0.15) is 21.9 Å². The molecule has 176 valence electrons. The van der Waals surface area contributed by atoms with Gasteiger partial charge in [0.15, 0.2) is 9.84 Å². The molecule has 0 aliphatic rings. The molecule has 0 heterocycles. The van der Waals surface area contributed by atoms with Gasteiger partial charge in [-0.25, -0.2) is 8.42 Å². The molecular formula is C22H20BrF2O5PS2. The average Bonchev–Trinajstić information content (AvgIpc) is 2.77. The molecule has 33 heavy (non-hydrogen) atoms. The number of benzene rings is 3. The zero-order valence-electron chi connectivity index (χ0n) is 17.0. The van der Waals surface area contributed by atoms with E-state index >= 15 is 0 Å². The van der Waals surface area contributed by atoms with Crippen LogP contribution in [0.25, 0.3) is 0 Å². The summed E-state index contributed by atoms with van der Waals surface area (Å²) in [5.41, 5.74) is -3.73. The molecule has 0 aliphatic heterocycles. The van der Waals surface area contributed by atoms with Crippen molar-refractivity contribution in [1.82, 2.24) is 0 Å². The maximum absolute atomic E-state index is 14.1. The number of hydrogen-bond donors (Lipinski definition) is 2. The summed E-state index contributed by atoms with van der Waals surface area (Å²) in [6, 6.07) is 20.9. The van der Waals surface area contributed by atoms with Crippen molar-refractivity contribution in [2.45, 2.75) is 21.6 Å². The van der Waals surface area contributed by atoms with Gasteiger partial charge in [-0.3, -0.25) is 4.57 Å². The van der Waals surface area contributed by atoms with Crippen molar-refractivity contribution in [3.63, 3.8) is 0 Å². The van der Waals surface area contributed by atoms with Gasteiger partial charge in [0.05, 0.1) is 10.6 Å². The Kier molecular flexibility index (Phi) is 8.19. The smallest absolute Gasteiger partial charge is 0.320 e. The normalized spacial score (nSPS) is 13.6. The summed E-state index contributed by atoms with van der Waals surface area (Å²) in [6.45, 7) is 0. The second-order valence-electron chi connectivity index (χ2n) is 7.20. The highest BCUT2D eigenvalue weighted by molar-refractivity contribution is 9.10. The largest absolute Gasteiger partial charge is 0.399 e. The van der Waals surface area contributed by atoms with E-state index in [1.807, 2.05) is 30.3 Å². The number of halogens is 3. The summed E-state index contributed by atoms with van der Waals surface area (Å²) in [6.07, 6.45) is 0. The van der Waals surface area contributed by atoms with Gasteiger partial charge in [-0.05, 0) is 29.3 Å². The van der Waals surface area contributed by atoms with Crippen LogP contribution in [0.5, 0.6) is 0 Å². The number of hydrogen-bond acceptors (Lipinski definition) is 4. The van der Waals surface area contributed by atoms with Crippen LogP contribution in [0.4, 0.5) is 8.78 Å². The van der Waals surface area contributed by atoms with E-state index in [1.54, 1.807) is 30.3 Å². The Morgan fingerprint density at radius 3 is 2.09 bits per heavy atom. The van der Waals surface area contributed by atoms with Crippen LogP contribution in [-0.2, 0) is 25.8 Å². The summed E-state index contributed by atoms with van der Waals surface area (Å²) < 4.78 is 65.1. The Hall–Kier alpha value is -1.55. The molecule has 3 aromatic carbocycles. The van der Waals surface area contributed by atoms with Crippen LogP contribution in [0.15, 0.2) is 88.2 Å². The predicted molar refractivity (Wildman–Crippen MR) is 129 cm³/mol. The lowest BCUT2D eigenvalue weighted by Crippen LogP contribution is -2.15. The third-order valence-electron chi connectivity index (χ3n) is 4.82. The fourth-order valence-corrected chi connectivity index (χ4v) is 7.62. The monoisotopic (exact) mass is 576 g/mol. The van der Waals surface area contributed by atoms with Crippen LogP contribution in [0.2, 0.25) is 0 Å². The molecule has 5 nitrogen and oxygen atoms in total. The highest BCUT2D eigenvalue weighted by atomic mass is 79.9. The fourth-order valence-electron chi connectivity index (χ4n) is 3.08. The molecule has 1 unspecified atom stereocenters. The molecule has 0 spiro atoms. The zero-order chi connectivity index (χ0) is 24.3. The molecule has 0 aromatic heterocycles. The van der Waals surface area contributed by atoms with E-state index in [2.05, 4.69) is 15.9 Å². The number of thioether (sulfide) groups is 1. The van der Waals surface area contributed by atoms with Crippen LogP contribution in [0, 0.1) is 0 Å². The summed E-state index contributed by atoms with van der Waals surface area (Å²) in [4.78, 5) is 18.2. The zero-order valence-corrected chi connectivity index (χ0v) is 21.1. The van der Waals surface area contributed by atoms with Crippen LogP contribution >= 0.6 is 35.3 Å². The maximum atomic E-state index is 14.1. The van der Waals surface area contributed by atoms with Crippen molar-refractivity contribution in [1.29, 1.82) is 0 Å². The van der Waals surface area contributed by atoms with Crippen LogP contribution < -0.4 is 0 Å². The molecule has 2 N–H and O–H groups in total. The molecule has 0 bridgehead atoms. The molecule has 3 aromatic rings. The SMILES string of the molecule is O=P(O)(O)C(F)(F)c1ccc(CSC(CS(=O)(=O)c2ccccc2)c2ccccc2)cc1Br. The molecule has 0 saturated carbocycles. The third-order valence-corrected chi connectivity index (χ3v) is 9.76. The van der Waals surface area contributed by atoms with E-state index in [-0.39, 0.29) is 15.1 Å². The first-order chi connectivity index (χ1) is 15.4. The minimum atomic E-state index is -5.69. The van der Waals surface area contributed by atoms with E-state index in [9.17, 15) is 21.8 Å². The van der Waals surface area contributed by atoms with Gasteiger partial charge in [0.1, 0.15) is 0 Å². The lowest BCUT2D eigenvalue weighted by molar-refractivity contribution is 0.0557. The van der Waals surface area contributed by atoms with Gasteiger partial charge in [-0.15, -0.1) is 11.8 Å². The number of rotatable bonds is 9. The minimum Gasteiger partial charge on any atom is -0.320 e. The van der Waals surface area contributed by atoms with Crippen molar-refractivity contribution >= 4 is 45.1 Å². The molecule has 0 amide bonds. The predicted octanol–water partition coefficient (Wildman–Crippen LogP) is 6.12. The van der Waals surface area contributed by atoms with Gasteiger partial charge in [0.2, 0.25) is 0 Å². The summed E-state index contributed by atoms with van der Waals surface area (Å²) in [5.74, 6) is 0.144. The molecule has 3 rings (SSSR count). The first-order valence-corrected chi connectivity index (χ1v) is 14.7. The molecule has 0 radical (unpaired) electrons. The first-order valence-electron chi connectivity index (χ1n) is 9.58. The minimum absolute atomic E-state index is 0.137. The van der Waals surface area contributed by atoms with E-state index in [0.29, 0.717) is 11.3 Å². The highest BCUT2D eigenvalue weighted by Gasteiger charge is 2.51. The van der Waals surface area contributed by atoms with Gasteiger partial charge < -0.3 is 9.79 Å². The number of sulfone groups is 1. The van der Waals surface area contributed by atoms with Gasteiger partial charge in [-0.2, -0.15) is 8.78 Å². The van der Waals surface area contributed by atoms with Crippen molar-refractivity contribution in [3.05, 3.63) is 100 Å². The Labute approximate surface area is 203 Å². The summed E-state index contributed by atoms with van der Waals surface area (Å²) in [7, 11) is -9.27. The second-order valence-corrected chi connectivity index (χ2v) is 12.9. The summed E-state index contributed by atoms with van der Waals surface area (Å²) in [5, 5.41) is -0.425. The van der Waals surface area contributed by atoms with Gasteiger partial charge >= 0.3 is 13.3 Å². The maximum Gasteiger partial charge on any atom is 0.399 e. The lowest BCUT2D eigenvalue weighted by atomic mass is 10.1. The van der Waals surface area contributed by atoms with Crippen molar-refractivity contribution < 1.29 is 31.6 Å². The van der Waals surface area contributed by atoms with E-state index < -0.39 is 33.9 Å². The Bertz CT molecular complexity index is 1250. The summed E-state index contributed by atoms with van der Waals surface area (Å²) >= 11 is 4.31. The molecular weight excluding hydrogens is 557 g/mol. The average molecular weight is 577 g/mol. The van der Waals surface area contributed by atoms with Crippen LogP contribution in [0.3, 0.4) is 0 Å². The molecule has 11 heteroatoms. The second kappa shape index (κ2) is 10.4. The van der Waals surface area contributed by atoms with Gasteiger partial charge in [-0.1, -0.05) is 76.6 Å². The Morgan fingerprint density at radius 1 is 0.970 bits per heavy atom. The van der Waals surface area contributed by atoms with E-state index in [1.165, 1.54) is 23.9 Å². The molecule has 0 aliphatic carbocycles. The molecule has 0 fully saturated rings. The molecule has 0 saturated heterocycles. The molecule has 1 atom stereocenters. The topological polar surface area (TPSA) is 91.7 Å².